The van der Waals surface area contributed by atoms with E-state index in [1.165, 1.54) is 0 Å². The van der Waals surface area contributed by atoms with Crippen LogP contribution in [0.1, 0.15) is 16.1 Å². The number of carboxylic acid groups (broad SMARTS) is 1. The number of H-pyrrole nitrogens is 1. The van der Waals surface area contributed by atoms with Crippen molar-refractivity contribution in [2.75, 3.05) is 0 Å². The number of carbonyl (C=O) groups is 1. The lowest BCUT2D eigenvalue weighted by atomic mass is 10.2. The van der Waals surface area contributed by atoms with Crippen LogP contribution in [-0.2, 0) is 0 Å². The highest BCUT2D eigenvalue weighted by Gasteiger charge is 2.32. The smallest absolute Gasteiger partial charge is 0.477 e. The SMILES string of the molecule is Cc1c(OC(F)(F)F)[nH]c(C(=O)O)cc1=O. The Labute approximate surface area is 86.5 Å². The molecule has 1 rings (SSSR count). The second-order valence-corrected chi connectivity index (χ2v) is 2.85. The summed E-state index contributed by atoms with van der Waals surface area (Å²) in [7, 11) is 0. The number of aromatic carboxylic acids is 1. The molecule has 1 aromatic heterocycles. The Morgan fingerprint density at radius 1 is 1.50 bits per heavy atom. The van der Waals surface area contributed by atoms with Crippen molar-refractivity contribution in [1.29, 1.82) is 0 Å². The zero-order chi connectivity index (χ0) is 12.5. The second kappa shape index (κ2) is 3.87. The van der Waals surface area contributed by atoms with Crippen LogP contribution >= 0.6 is 0 Å². The average Bonchev–Trinajstić information content (AvgIpc) is 2.10. The molecule has 0 aliphatic rings. The van der Waals surface area contributed by atoms with Gasteiger partial charge in [-0.25, -0.2) is 4.79 Å². The van der Waals surface area contributed by atoms with Crippen molar-refractivity contribution < 1.29 is 27.8 Å². The lowest BCUT2D eigenvalue weighted by Gasteiger charge is -2.11. The van der Waals surface area contributed by atoms with Gasteiger partial charge in [0.25, 0.3) is 0 Å². The third-order valence-corrected chi connectivity index (χ3v) is 1.68. The number of nitrogens with one attached hydrogen (secondary N) is 1. The molecule has 16 heavy (non-hydrogen) atoms. The molecule has 0 fully saturated rings. The van der Waals surface area contributed by atoms with E-state index < -0.39 is 29.3 Å². The molecule has 0 unspecified atom stereocenters. The maximum atomic E-state index is 11.9. The Balaban J connectivity index is 3.28. The van der Waals surface area contributed by atoms with Crippen molar-refractivity contribution in [2.45, 2.75) is 13.3 Å². The van der Waals surface area contributed by atoms with Crippen LogP contribution in [0, 0.1) is 6.92 Å². The molecular weight excluding hydrogens is 231 g/mol. The Hall–Kier alpha value is -1.99. The van der Waals surface area contributed by atoms with Crippen LogP contribution in [0.2, 0.25) is 0 Å². The first kappa shape index (κ1) is 12.1. The minimum Gasteiger partial charge on any atom is -0.477 e. The third-order valence-electron chi connectivity index (χ3n) is 1.68. The molecule has 1 heterocycles. The molecule has 88 valence electrons. The molecule has 8 heteroatoms. The summed E-state index contributed by atoms with van der Waals surface area (Å²) in [6.45, 7) is 1.09. The van der Waals surface area contributed by atoms with Gasteiger partial charge in [-0.15, -0.1) is 13.2 Å². The molecule has 0 radical (unpaired) electrons. The van der Waals surface area contributed by atoms with Crippen molar-refractivity contribution in [3.63, 3.8) is 0 Å². The van der Waals surface area contributed by atoms with Gasteiger partial charge >= 0.3 is 12.3 Å². The fraction of sp³-hybridized carbons (Fsp3) is 0.250. The Morgan fingerprint density at radius 3 is 2.50 bits per heavy atom. The number of alkyl halides is 3. The van der Waals surface area contributed by atoms with Gasteiger partial charge in [0.1, 0.15) is 5.69 Å². The highest BCUT2D eigenvalue weighted by Crippen LogP contribution is 2.22. The van der Waals surface area contributed by atoms with Gasteiger partial charge in [0.2, 0.25) is 5.88 Å². The van der Waals surface area contributed by atoms with Crippen LogP contribution in [0.4, 0.5) is 13.2 Å². The standard InChI is InChI=1S/C8H6F3NO4/c1-3-5(13)2-4(7(14)15)12-6(3)16-8(9,10)11/h2H,1H3,(H,12,13)(H,14,15). The van der Waals surface area contributed by atoms with Crippen LogP contribution in [0.3, 0.4) is 0 Å². The highest BCUT2D eigenvalue weighted by molar-refractivity contribution is 5.85. The summed E-state index contributed by atoms with van der Waals surface area (Å²) in [5, 5.41) is 8.52. The molecule has 0 atom stereocenters. The molecule has 5 nitrogen and oxygen atoms in total. The van der Waals surface area contributed by atoms with Crippen molar-refractivity contribution in [3.8, 4) is 5.88 Å². The number of halogens is 3. The monoisotopic (exact) mass is 237 g/mol. The molecule has 0 aliphatic carbocycles. The molecule has 0 saturated heterocycles. The Bertz CT molecular complexity index is 477. The van der Waals surface area contributed by atoms with Crippen LogP contribution in [0.15, 0.2) is 10.9 Å². The number of pyridine rings is 1. The summed E-state index contributed by atoms with van der Waals surface area (Å²) in [5.74, 6) is -2.47. The lowest BCUT2D eigenvalue weighted by molar-refractivity contribution is -0.276. The minimum absolute atomic E-state index is 0.345. The second-order valence-electron chi connectivity index (χ2n) is 2.85. The zero-order valence-electron chi connectivity index (χ0n) is 7.88. The summed E-state index contributed by atoms with van der Waals surface area (Å²) < 4.78 is 39.2. The lowest BCUT2D eigenvalue weighted by Crippen LogP contribution is -2.22. The quantitative estimate of drug-likeness (QED) is 0.811. The molecule has 0 amide bonds. The number of hydrogen-bond donors (Lipinski definition) is 2. The predicted octanol–water partition coefficient (Wildman–Crippen LogP) is 1.28. The summed E-state index contributed by atoms with van der Waals surface area (Å²) in [6.07, 6.45) is -5.00. The van der Waals surface area contributed by atoms with Crippen molar-refractivity contribution in [2.24, 2.45) is 0 Å². The van der Waals surface area contributed by atoms with Crippen LogP contribution in [-0.4, -0.2) is 22.4 Å². The summed E-state index contributed by atoms with van der Waals surface area (Å²) in [5.41, 5.74) is -1.87. The van der Waals surface area contributed by atoms with E-state index in [2.05, 4.69) is 4.74 Å². The predicted molar refractivity (Wildman–Crippen MR) is 45.4 cm³/mol. The number of rotatable bonds is 2. The van der Waals surface area contributed by atoms with Gasteiger partial charge < -0.3 is 14.8 Å². The average molecular weight is 237 g/mol. The molecule has 0 spiro atoms. The van der Waals surface area contributed by atoms with E-state index in [1.807, 2.05) is 4.98 Å². The van der Waals surface area contributed by atoms with Crippen LogP contribution in [0.25, 0.3) is 0 Å². The molecule has 0 bridgehead atoms. The first-order valence-corrected chi connectivity index (χ1v) is 3.93. The van der Waals surface area contributed by atoms with E-state index in [0.717, 1.165) is 6.92 Å². The van der Waals surface area contributed by atoms with Gasteiger partial charge in [-0.1, -0.05) is 0 Å². The number of carboxylic acids is 1. The maximum absolute atomic E-state index is 11.9. The maximum Gasteiger partial charge on any atom is 0.574 e. The molecule has 0 saturated carbocycles. The van der Waals surface area contributed by atoms with Crippen molar-refractivity contribution in [1.82, 2.24) is 4.98 Å². The normalized spacial score (nSPS) is 11.2. The molecule has 1 aromatic rings. The van der Waals surface area contributed by atoms with Gasteiger partial charge in [0.05, 0.1) is 5.56 Å². The van der Waals surface area contributed by atoms with E-state index in [4.69, 9.17) is 5.11 Å². The largest absolute Gasteiger partial charge is 0.574 e. The van der Waals surface area contributed by atoms with Gasteiger partial charge in [-0.05, 0) is 6.92 Å². The zero-order valence-corrected chi connectivity index (χ0v) is 7.88. The van der Waals surface area contributed by atoms with E-state index in [0.29, 0.717) is 6.07 Å². The minimum atomic E-state index is -5.00. The third kappa shape index (κ3) is 2.75. The number of aromatic nitrogens is 1. The van der Waals surface area contributed by atoms with Crippen molar-refractivity contribution in [3.05, 3.63) is 27.5 Å². The van der Waals surface area contributed by atoms with E-state index >= 15 is 0 Å². The highest BCUT2D eigenvalue weighted by atomic mass is 19.4. The van der Waals surface area contributed by atoms with Gasteiger partial charge in [0.15, 0.2) is 5.43 Å². The molecular formula is C8H6F3NO4. The first-order chi connectivity index (χ1) is 7.20. The Kier molecular flexibility index (Phi) is 2.92. The van der Waals surface area contributed by atoms with Crippen molar-refractivity contribution >= 4 is 5.97 Å². The number of hydrogen-bond acceptors (Lipinski definition) is 3. The number of ether oxygens (including phenoxy) is 1. The van der Waals surface area contributed by atoms with Gasteiger partial charge in [-0.3, -0.25) is 4.79 Å². The summed E-state index contributed by atoms with van der Waals surface area (Å²) in [4.78, 5) is 23.5. The molecule has 2 N–H and O–H groups in total. The van der Waals surface area contributed by atoms with E-state index in [9.17, 15) is 22.8 Å². The Morgan fingerprint density at radius 2 is 2.06 bits per heavy atom. The fourth-order valence-electron chi connectivity index (χ4n) is 0.936. The van der Waals surface area contributed by atoms with Crippen LogP contribution in [0.5, 0.6) is 5.88 Å². The fourth-order valence-corrected chi connectivity index (χ4v) is 0.936. The van der Waals surface area contributed by atoms with E-state index in [-0.39, 0.29) is 5.56 Å². The topological polar surface area (TPSA) is 79.4 Å². The summed E-state index contributed by atoms with van der Waals surface area (Å²) >= 11 is 0. The molecule has 0 aromatic carbocycles. The first-order valence-electron chi connectivity index (χ1n) is 3.93. The molecule has 0 aliphatic heterocycles. The number of aromatic amines is 1. The van der Waals surface area contributed by atoms with Gasteiger partial charge in [-0.2, -0.15) is 0 Å². The van der Waals surface area contributed by atoms with Crippen LogP contribution < -0.4 is 10.2 Å². The van der Waals surface area contributed by atoms with E-state index in [1.54, 1.807) is 0 Å². The summed E-state index contributed by atoms with van der Waals surface area (Å²) in [6, 6.07) is 0.681. The van der Waals surface area contributed by atoms with Gasteiger partial charge in [0, 0.05) is 6.07 Å².